The highest BCUT2D eigenvalue weighted by Crippen LogP contribution is 2.48. The van der Waals surface area contributed by atoms with E-state index in [9.17, 15) is 39.0 Å². The molecular formula is C47H54N2O12. The molecule has 2 heterocycles. The zero-order valence-electron chi connectivity index (χ0n) is 35.7. The number of hydrogen-bond donors (Lipinski definition) is 2. The number of fused-ring (bicyclic) bond motifs is 2. The fourth-order valence-corrected chi connectivity index (χ4v) is 7.84. The highest BCUT2D eigenvalue weighted by Gasteiger charge is 2.44. The number of aldehydes is 2. The molecule has 3 aromatic carbocycles. The van der Waals surface area contributed by atoms with Crippen molar-refractivity contribution in [3.63, 3.8) is 0 Å². The molecule has 1 aliphatic rings. The smallest absolute Gasteiger partial charge is 0.345 e. The molecule has 0 bridgehead atoms. The summed E-state index contributed by atoms with van der Waals surface area (Å²) in [7, 11) is 0. The summed E-state index contributed by atoms with van der Waals surface area (Å²) in [6.07, 6.45) is 2.06. The van der Waals surface area contributed by atoms with Crippen molar-refractivity contribution in [1.29, 1.82) is 0 Å². The lowest BCUT2D eigenvalue weighted by Gasteiger charge is -2.35. The number of para-hydroxylation sites is 2. The van der Waals surface area contributed by atoms with E-state index in [1.54, 1.807) is 83.2 Å². The first-order valence-corrected chi connectivity index (χ1v) is 20.2. The molecule has 0 amide bonds. The summed E-state index contributed by atoms with van der Waals surface area (Å²) in [5, 5.41) is 19.9. The lowest BCUT2D eigenvalue weighted by molar-refractivity contribution is -0.148. The van der Waals surface area contributed by atoms with Crippen LogP contribution >= 0.6 is 0 Å². The third kappa shape index (κ3) is 9.96. The van der Waals surface area contributed by atoms with Gasteiger partial charge in [0.05, 0.1) is 35.3 Å². The average molecular weight is 839 g/mol. The Labute approximate surface area is 355 Å². The minimum absolute atomic E-state index is 0.136. The Morgan fingerprint density at radius 2 is 1.39 bits per heavy atom. The summed E-state index contributed by atoms with van der Waals surface area (Å²) in [5.74, 6) is -3.76. The average Bonchev–Trinajstić information content (AvgIpc) is 3.66. The van der Waals surface area contributed by atoms with E-state index in [4.69, 9.17) is 18.9 Å². The predicted octanol–water partition coefficient (Wildman–Crippen LogP) is 7.46. The van der Waals surface area contributed by atoms with Crippen molar-refractivity contribution in [2.75, 3.05) is 18.1 Å². The Kier molecular flexibility index (Phi) is 14.4. The number of rotatable bonds is 22. The number of nitrogens with zero attached hydrogens (tertiary/aromatic N) is 2. The van der Waals surface area contributed by atoms with Gasteiger partial charge in [0, 0.05) is 47.9 Å². The van der Waals surface area contributed by atoms with Gasteiger partial charge in [0.25, 0.3) is 0 Å². The third-order valence-corrected chi connectivity index (χ3v) is 11.0. The van der Waals surface area contributed by atoms with Gasteiger partial charge in [-0.3, -0.25) is 19.2 Å². The minimum atomic E-state index is -1.17. The number of carboxylic acids is 2. The molecule has 0 saturated heterocycles. The monoisotopic (exact) mass is 838 g/mol. The van der Waals surface area contributed by atoms with Gasteiger partial charge in [0.1, 0.15) is 11.5 Å². The van der Waals surface area contributed by atoms with Crippen molar-refractivity contribution in [2.45, 2.75) is 92.5 Å². The van der Waals surface area contributed by atoms with E-state index < -0.39 is 47.7 Å². The number of aliphatic carboxylic acids is 2. The van der Waals surface area contributed by atoms with Crippen LogP contribution in [0.15, 0.2) is 73.0 Å². The number of anilines is 1. The molecule has 0 spiro atoms. The summed E-state index contributed by atoms with van der Waals surface area (Å²) in [4.78, 5) is 75.5. The molecule has 4 aromatic rings. The van der Waals surface area contributed by atoms with Gasteiger partial charge in [0.2, 0.25) is 11.6 Å². The number of allylic oxidation sites excluding steroid dienone is 1. The van der Waals surface area contributed by atoms with Crippen LogP contribution in [0.4, 0.5) is 5.69 Å². The largest absolute Gasteiger partial charge is 0.490 e. The quantitative estimate of drug-likeness (QED) is 0.0344. The van der Waals surface area contributed by atoms with E-state index in [2.05, 4.69) is 18.7 Å². The van der Waals surface area contributed by atoms with Crippen molar-refractivity contribution < 1.29 is 57.9 Å². The highest BCUT2D eigenvalue weighted by molar-refractivity contribution is 6.37. The molecule has 0 radical (unpaired) electrons. The van der Waals surface area contributed by atoms with Crippen LogP contribution in [-0.2, 0) is 30.5 Å². The summed E-state index contributed by atoms with van der Waals surface area (Å²) < 4.78 is 26.0. The van der Waals surface area contributed by atoms with Crippen molar-refractivity contribution in [3.8, 4) is 23.0 Å². The Hall–Kier alpha value is -6.44. The number of ether oxygens (including phenoxy) is 4. The van der Waals surface area contributed by atoms with Gasteiger partial charge in [-0.1, -0.05) is 65.8 Å². The molecule has 4 unspecified atom stereocenters. The van der Waals surface area contributed by atoms with Gasteiger partial charge in [-0.05, 0) is 68.2 Å². The fraction of sp³-hybridized carbons (Fsp3) is 0.404. The summed E-state index contributed by atoms with van der Waals surface area (Å²) in [5.41, 5.74) is 2.06. The van der Waals surface area contributed by atoms with Crippen LogP contribution in [0.2, 0.25) is 0 Å². The first kappa shape index (κ1) is 45.6. The number of Topliss-reactive ketones (excluding diaryl/α,β-unsaturated/α-hetero) is 2. The minimum Gasteiger partial charge on any atom is -0.490 e. The number of carboxylic acid groups (broad SMARTS) is 2. The molecule has 4 atom stereocenters. The number of carbonyl (C=O) groups is 6. The zero-order chi connectivity index (χ0) is 44.8. The standard InChI is InChI=1S/C47H54N2O12/c1-27(2)43(45(54)55)60-37-18-11-14-31-41(37)39(33(52)24-50)29(5)48(31)21-13-22-58-35-16-9-10-17-36(35)59-23-20-47(7,8)26-49-30(6)40(34(53)25-51)42-32(49)15-12-19-38(42)61-44(28(3)4)46(56)57/h9-19,22,24-25,27-28,30,40,43-44H,20-21,23,26H2,1-8H3,(H,54,55)(H,56,57)/b22-13+. The van der Waals surface area contributed by atoms with E-state index in [1.807, 2.05) is 29.7 Å². The molecule has 2 N–H and O–H groups in total. The van der Waals surface area contributed by atoms with Crippen LogP contribution in [0.1, 0.15) is 82.4 Å². The van der Waals surface area contributed by atoms with Crippen molar-refractivity contribution in [1.82, 2.24) is 4.57 Å². The van der Waals surface area contributed by atoms with Crippen LogP contribution in [0.25, 0.3) is 10.9 Å². The number of hydrogen-bond acceptors (Lipinski definition) is 11. The highest BCUT2D eigenvalue weighted by atomic mass is 16.5. The second-order valence-electron chi connectivity index (χ2n) is 16.7. The molecule has 1 aromatic heterocycles. The maximum absolute atomic E-state index is 13.1. The number of ketones is 2. The van der Waals surface area contributed by atoms with Gasteiger partial charge in [0.15, 0.2) is 36.3 Å². The molecule has 14 heteroatoms. The maximum atomic E-state index is 13.1. The maximum Gasteiger partial charge on any atom is 0.345 e. The molecule has 1 aliphatic heterocycles. The van der Waals surface area contributed by atoms with E-state index in [1.165, 1.54) is 6.26 Å². The van der Waals surface area contributed by atoms with Crippen molar-refractivity contribution in [3.05, 3.63) is 89.8 Å². The molecule has 5 rings (SSSR count). The van der Waals surface area contributed by atoms with E-state index >= 15 is 0 Å². The molecular weight excluding hydrogens is 785 g/mol. The van der Waals surface area contributed by atoms with Crippen LogP contribution in [-0.4, -0.2) is 82.3 Å². The molecule has 0 saturated carbocycles. The van der Waals surface area contributed by atoms with Gasteiger partial charge < -0.3 is 38.6 Å². The molecule has 0 aliphatic carbocycles. The summed E-state index contributed by atoms with van der Waals surface area (Å²) >= 11 is 0. The molecule has 61 heavy (non-hydrogen) atoms. The van der Waals surface area contributed by atoms with Gasteiger partial charge in [-0.25, -0.2) is 9.59 Å². The van der Waals surface area contributed by atoms with Crippen LogP contribution < -0.4 is 23.8 Å². The van der Waals surface area contributed by atoms with E-state index in [0.717, 1.165) is 0 Å². The molecule has 14 nitrogen and oxygen atoms in total. The van der Waals surface area contributed by atoms with Gasteiger partial charge in [-0.15, -0.1) is 0 Å². The van der Waals surface area contributed by atoms with Crippen LogP contribution in [0.3, 0.4) is 0 Å². The molecule has 0 fully saturated rings. The second kappa shape index (κ2) is 19.3. The van der Waals surface area contributed by atoms with Crippen LogP contribution in [0.5, 0.6) is 23.0 Å². The Morgan fingerprint density at radius 3 is 2.00 bits per heavy atom. The van der Waals surface area contributed by atoms with Crippen LogP contribution in [0, 0.1) is 24.2 Å². The number of carbonyl (C=O) groups excluding carboxylic acids is 4. The first-order chi connectivity index (χ1) is 28.9. The normalized spacial score (nSPS) is 16.1. The SMILES string of the molecule is Cc1c(C(=O)C=O)c2c(OC(C(=O)O)C(C)C)cccc2n1C/C=C/Oc1ccccc1OCCC(C)(C)CN1c2cccc(OC(C(=O)O)C(C)C)c2C(C(=O)C=O)C1C. The lowest BCUT2D eigenvalue weighted by Crippen LogP contribution is -2.41. The fourth-order valence-electron chi connectivity index (χ4n) is 7.84. The zero-order valence-corrected chi connectivity index (χ0v) is 35.7. The summed E-state index contributed by atoms with van der Waals surface area (Å²) in [6.45, 7) is 15.7. The number of benzene rings is 3. The van der Waals surface area contributed by atoms with Gasteiger partial charge >= 0.3 is 11.9 Å². The van der Waals surface area contributed by atoms with E-state index in [-0.39, 0.29) is 47.1 Å². The predicted molar refractivity (Wildman–Crippen MR) is 228 cm³/mol. The van der Waals surface area contributed by atoms with Gasteiger partial charge in [-0.2, -0.15) is 0 Å². The Morgan fingerprint density at radius 1 is 0.803 bits per heavy atom. The first-order valence-electron chi connectivity index (χ1n) is 20.2. The van der Waals surface area contributed by atoms with Crippen molar-refractivity contribution in [2.24, 2.45) is 17.3 Å². The Bertz CT molecular complexity index is 2320. The van der Waals surface area contributed by atoms with Crippen molar-refractivity contribution >= 4 is 52.7 Å². The summed E-state index contributed by atoms with van der Waals surface area (Å²) in [6, 6.07) is 17.1. The second-order valence-corrected chi connectivity index (χ2v) is 16.7. The Balaban J connectivity index is 1.29. The molecule has 324 valence electrons. The van der Waals surface area contributed by atoms with E-state index in [0.29, 0.717) is 65.2 Å². The lowest BCUT2D eigenvalue weighted by atomic mass is 9.88. The topological polar surface area (TPSA) is 188 Å². The number of aromatic nitrogens is 1. The third-order valence-electron chi connectivity index (χ3n) is 11.0.